The number of piperazine rings is 1. The van der Waals surface area contributed by atoms with Crippen molar-refractivity contribution in [1.29, 1.82) is 0 Å². The first-order valence-electron chi connectivity index (χ1n) is 9.08. The van der Waals surface area contributed by atoms with E-state index in [1.807, 2.05) is 30.9 Å². The number of pyridine rings is 1. The highest BCUT2D eigenvalue weighted by molar-refractivity contribution is 14.0. The second-order valence-electron chi connectivity index (χ2n) is 6.81. The zero-order valence-electron chi connectivity index (χ0n) is 16.7. The number of aromatic nitrogens is 1. The summed E-state index contributed by atoms with van der Waals surface area (Å²) < 4.78 is 44.1. The summed E-state index contributed by atoms with van der Waals surface area (Å²) in [4.78, 5) is 11.9. The van der Waals surface area contributed by atoms with Crippen molar-refractivity contribution in [1.82, 2.24) is 20.1 Å². The number of guanidine groups is 1. The van der Waals surface area contributed by atoms with Crippen molar-refractivity contribution >= 4 is 29.9 Å². The van der Waals surface area contributed by atoms with Crippen LogP contribution in [0.4, 0.5) is 13.2 Å². The molecule has 1 unspecified atom stereocenters. The second kappa shape index (κ2) is 11.0. The Bertz CT molecular complexity index is 617. The highest BCUT2D eigenvalue weighted by atomic mass is 127. The van der Waals surface area contributed by atoms with E-state index < -0.39 is 12.2 Å². The van der Waals surface area contributed by atoms with E-state index in [2.05, 4.69) is 15.3 Å². The largest absolute Gasteiger partial charge is 0.475 e. The van der Waals surface area contributed by atoms with Crippen molar-refractivity contribution in [2.45, 2.75) is 45.6 Å². The van der Waals surface area contributed by atoms with Crippen LogP contribution in [0, 0.1) is 0 Å². The zero-order valence-corrected chi connectivity index (χ0v) is 19.0. The van der Waals surface area contributed by atoms with Crippen LogP contribution < -0.4 is 10.1 Å². The summed E-state index contributed by atoms with van der Waals surface area (Å²) >= 11 is 0. The molecule has 0 spiro atoms. The molecular formula is C18H29F3IN5O. The predicted molar refractivity (Wildman–Crippen MR) is 114 cm³/mol. The van der Waals surface area contributed by atoms with Crippen LogP contribution >= 0.6 is 24.0 Å². The van der Waals surface area contributed by atoms with Gasteiger partial charge in [0.1, 0.15) is 6.04 Å². The lowest BCUT2D eigenvalue weighted by Crippen LogP contribution is -2.56. The number of nitrogens with zero attached hydrogens (tertiary/aromatic N) is 4. The third-order valence-corrected chi connectivity index (χ3v) is 4.45. The van der Waals surface area contributed by atoms with Crippen molar-refractivity contribution in [2.75, 3.05) is 33.2 Å². The van der Waals surface area contributed by atoms with Gasteiger partial charge in [0.05, 0.1) is 6.10 Å². The summed E-state index contributed by atoms with van der Waals surface area (Å²) in [6, 6.07) is 2.32. The SMILES string of the molecule is CN=C(NCc1ccc(OC(C)C)nc1)N1CCN(C(C)C(F)(F)F)CC1.I. The van der Waals surface area contributed by atoms with Gasteiger partial charge < -0.3 is 15.0 Å². The fourth-order valence-electron chi connectivity index (χ4n) is 2.87. The third kappa shape index (κ3) is 7.26. The van der Waals surface area contributed by atoms with Crippen molar-refractivity contribution in [3.8, 4) is 5.88 Å². The topological polar surface area (TPSA) is 53.0 Å². The number of hydrogen-bond donors (Lipinski definition) is 1. The molecule has 160 valence electrons. The molecule has 1 N–H and O–H groups in total. The molecule has 0 amide bonds. The first kappa shape index (κ1) is 24.7. The Kier molecular flexibility index (Phi) is 9.75. The standard InChI is InChI=1S/C18H28F3N5O.HI/c1-13(2)27-16-6-5-15(11-23-16)12-24-17(22-4)26-9-7-25(8-10-26)14(3)18(19,20)21;/h5-6,11,13-14H,7-10,12H2,1-4H3,(H,22,24);1H. The van der Waals surface area contributed by atoms with Gasteiger partial charge in [-0.3, -0.25) is 9.89 Å². The minimum absolute atomic E-state index is 0. The number of halogens is 4. The lowest BCUT2D eigenvalue weighted by molar-refractivity contribution is -0.181. The number of hydrogen-bond acceptors (Lipinski definition) is 4. The quantitative estimate of drug-likeness (QED) is 0.371. The molecule has 1 aliphatic heterocycles. The minimum Gasteiger partial charge on any atom is -0.475 e. The van der Waals surface area contributed by atoms with Crippen LogP contribution in [0.2, 0.25) is 0 Å². The monoisotopic (exact) mass is 515 g/mol. The molecule has 0 radical (unpaired) electrons. The first-order chi connectivity index (χ1) is 12.7. The molecular weight excluding hydrogens is 486 g/mol. The molecule has 2 rings (SSSR count). The summed E-state index contributed by atoms with van der Waals surface area (Å²) in [5.74, 6) is 1.25. The first-order valence-corrected chi connectivity index (χ1v) is 9.08. The smallest absolute Gasteiger partial charge is 0.403 e. The Morgan fingerprint density at radius 1 is 1.21 bits per heavy atom. The second-order valence-corrected chi connectivity index (χ2v) is 6.81. The maximum Gasteiger partial charge on any atom is 0.403 e. The van der Waals surface area contributed by atoms with Gasteiger partial charge in [-0.25, -0.2) is 4.98 Å². The fraction of sp³-hybridized carbons (Fsp3) is 0.667. The minimum atomic E-state index is -4.19. The van der Waals surface area contributed by atoms with Gasteiger partial charge in [0.15, 0.2) is 5.96 Å². The average Bonchev–Trinajstić information content (AvgIpc) is 2.62. The molecule has 6 nitrogen and oxygen atoms in total. The Hall–Kier alpha value is -1.30. The van der Waals surface area contributed by atoms with Crippen LogP contribution in [0.5, 0.6) is 5.88 Å². The summed E-state index contributed by atoms with van der Waals surface area (Å²) in [6.07, 6.45) is -2.39. The van der Waals surface area contributed by atoms with Gasteiger partial charge in [-0.15, -0.1) is 24.0 Å². The molecule has 1 aromatic heterocycles. The average molecular weight is 515 g/mol. The number of ether oxygens (including phenoxy) is 1. The maximum absolute atomic E-state index is 12.9. The number of alkyl halides is 3. The van der Waals surface area contributed by atoms with Crippen LogP contribution in [0.15, 0.2) is 23.3 Å². The summed E-state index contributed by atoms with van der Waals surface area (Å²) in [5.41, 5.74) is 0.969. The van der Waals surface area contributed by atoms with Crippen molar-refractivity contribution in [2.24, 2.45) is 4.99 Å². The molecule has 1 fully saturated rings. The van der Waals surface area contributed by atoms with Crippen molar-refractivity contribution in [3.05, 3.63) is 23.9 Å². The fourth-order valence-corrected chi connectivity index (χ4v) is 2.87. The lowest BCUT2D eigenvalue weighted by atomic mass is 10.2. The van der Waals surface area contributed by atoms with Gasteiger partial charge in [0.25, 0.3) is 0 Å². The van der Waals surface area contributed by atoms with Crippen molar-refractivity contribution in [3.63, 3.8) is 0 Å². The Labute approximate surface area is 181 Å². The van der Waals surface area contributed by atoms with E-state index in [4.69, 9.17) is 4.74 Å². The summed E-state index contributed by atoms with van der Waals surface area (Å²) in [7, 11) is 1.67. The van der Waals surface area contributed by atoms with Gasteiger partial charge in [0.2, 0.25) is 5.88 Å². The molecule has 10 heteroatoms. The van der Waals surface area contributed by atoms with Crippen LogP contribution in [0.1, 0.15) is 26.3 Å². The van der Waals surface area contributed by atoms with E-state index in [1.165, 1.54) is 11.8 Å². The van der Waals surface area contributed by atoms with E-state index >= 15 is 0 Å². The summed E-state index contributed by atoms with van der Waals surface area (Å²) in [5, 5.41) is 3.24. The molecule has 2 heterocycles. The number of rotatable bonds is 5. The maximum atomic E-state index is 12.9. The highest BCUT2D eigenvalue weighted by Crippen LogP contribution is 2.25. The normalized spacial score (nSPS) is 17.3. The zero-order chi connectivity index (χ0) is 20.0. The molecule has 1 aromatic rings. The molecule has 28 heavy (non-hydrogen) atoms. The van der Waals surface area contributed by atoms with Gasteiger partial charge in [-0.05, 0) is 26.3 Å². The van der Waals surface area contributed by atoms with Crippen LogP contribution in [0.3, 0.4) is 0 Å². The Balaban J connectivity index is 0.00000392. The van der Waals surface area contributed by atoms with E-state index in [-0.39, 0.29) is 30.1 Å². The van der Waals surface area contributed by atoms with E-state index in [1.54, 1.807) is 13.2 Å². The number of aliphatic imine (C=N–C) groups is 1. The molecule has 1 aliphatic rings. The van der Waals surface area contributed by atoms with Gasteiger partial charge in [0, 0.05) is 52.0 Å². The van der Waals surface area contributed by atoms with E-state index in [9.17, 15) is 13.2 Å². The Morgan fingerprint density at radius 3 is 2.32 bits per heavy atom. The van der Waals surface area contributed by atoms with Gasteiger partial charge in [-0.1, -0.05) is 6.07 Å². The number of nitrogens with one attached hydrogen (secondary N) is 1. The van der Waals surface area contributed by atoms with Gasteiger partial charge in [-0.2, -0.15) is 13.2 Å². The van der Waals surface area contributed by atoms with E-state index in [0.29, 0.717) is 44.6 Å². The molecule has 1 saturated heterocycles. The highest BCUT2D eigenvalue weighted by Gasteiger charge is 2.41. The molecule has 0 aromatic carbocycles. The van der Waals surface area contributed by atoms with Crippen LogP contribution in [-0.2, 0) is 6.54 Å². The lowest BCUT2D eigenvalue weighted by Gasteiger charge is -2.39. The molecule has 0 saturated carbocycles. The van der Waals surface area contributed by atoms with Crippen LogP contribution in [-0.4, -0.2) is 72.3 Å². The Morgan fingerprint density at radius 2 is 1.86 bits per heavy atom. The van der Waals surface area contributed by atoms with Crippen molar-refractivity contribution < 1.29 is 17.9 Å². The summed E-state index contributed by atoms with van der Waals surface area (Å²) in [6.45, 7) is 7.32. The third-order valence-electron chi connectivity index (χ3n) is 4.45. The van der Waals surface area contributed by atoms with E-state index in [0.717, 1.165) is 5.56 Å². The van der Waals surface area contributed by atoms with Gasteiger partial charge >= 0.3 is 6.18 Å². The van der Waals surface area contributed by atoms with Crippen LogP contribution in [0.25, 0.3) is 0 Å². The molecule has 0 bridgehead atoms. The molecule has 0 aliphatic carbocycles. The molecule has 1 atom stereocenters. The predicted octanol–water partition coefficient (Wildman–Crippen LogP) is 3.13.